The number of H-pyrrole nitrogens is 1. The number of phenolic OH excluding ortho intramolecular Hbond substituents is 2. The molecule has 8 rings (SSSR count). The molecule has 1 aliphatic carbocycles. The lowest BCUT2D eigenvalue weighted by Gasteiger charge is -2.56. The molecule has 5 aromatic rings. The number of nitrogens with two attached hydrogens (primary N) is 1. The van der Waals surface area contributed by atoms with E-state index in [9.17, 15) is 45.3 Å². The summed E-state index contributed by atoms with van der Waals surface area (Å²) in [6.45, 7) is 2.22. The number of carbonyl (C=O) groups is 1. The van der Waals surface area contributed by atoms with Crippen LogP contribution < -0.4 is 36.0 Å². The highest BCUT2D eigenvalue weighted by Gasteiger charge is 2.70. The van der Waals surface area contributed by atoms with Crippen molar-refractivity contribution in [3.8, 4) is 40.1 Å². The van der Waals surface area contributed by atoms with Crippen molar-refractivity contribution in [1.82, 2.24) is 15.6 Å². The van der Waals surface area contributed by atoms with E-state index in [-0.39, 0.29) is 35.7 Å². The number of ether oxygens (including phenoxy) is 4. The summed E-state index contributed by atoms with van der Waals surface area (Å²) >= 11 is 0. The van der Waals surface area contributed by atoms with Crippen LogP contribution in [0.1, 0.15) is 29.8 Å². The Labute approximate surface area is 341 Å². The Morgan fingerprint density at radius 3 is 2.48 bits per heavy atom. The Hall–Kier alpha value is -6.12. The van der Waals surface area contributed by atoms with Gasteiger partial charge in [0, 0.05) is 48.6 Å². The number of aryl methyl sites for hydroxylation is 1. The molecule has 2 aromatic heterocycles. The fraction of sp³-hybridized carbons (Fsp3) is 0.333. The number of phenols is 2. The first-order valence-electron chi connectivity index (χ1n) is 19.1. The third-order valence-corrected chi connectivity index (χ3v) is 11.2. The Balaban J connectivity index is 1.16. The zero-order valence-corrected chi connectivity index (χ0v) is 32.1. The van der Waals surface area contributed by atoms with E-state index in [1.54, 1.807) is 48.5 Å². The summed E-state index contributed by atoms with van der Waals surface area (Å²) < 4.78 is 29.8. The molecular formula is C42H44N4O14. The number of benzene rings is 3. The molecule has 4 heterocycles. The summed E-state index contributed by atoms with van der Waals surface area (Å²) in [4.78, 5) is 29.3. The van der Waals surface area contributed by atoms with Crippen LogP contribution in [0.15, 0.2) is 88.1 Å². The van der Waals surface area contributed by atoms with Crippen LogP contribution in [0.25, 0.3) is 22.3 Å². The number of aromatic hydroxyl groups is 2. The van der Waals surface area contributed by atoms with E-state index < -0.39 is 76.4 Å². The number of aromatic amines is 1. The molecule has 2 bridgehead atoms. The van der Waals surface area contributed by atoms with Crippen LogP contribution >= 0.6 is 0 Å². The van der Waals surface area contributed by atoms with Gasteiger partial charge >= 0.3 is 5.97 Å². The molecule has 3 aliphatic rings. The SMILES string of the molecule is CCc1cc(O)cc(COc2c(O[C@@H]3O[C@H](C(=O)O)[C@]4(O)[C@@H]([C@@H]5CNCN5)C=C[C@@]3(O)[C@@H]4O)cc3oc(-c4ccc(OC[C@H](O)c5ccc(N)[nH]5)cc4)cc(=O)c3c2O)c1. The van der Waals surface area contributed by atoms with Gasteiger partial charge in [0.25, 0.3) is 0 Å². The maximum Gasteiger partial charge on any atom is 0.336 e. The number of hydrogen-bond donors (Lipinski definition) is 11. The van der Waals surface area contributed by atoms with Crippen LogP contribution in [0, 0.1) is 5.92 Å². The van der Waals surface area contributed by atoms with Gasteiger partial charge in [-0.15, -0.1) is 0 Å². The second kappa shape index (κ2) is 15.8. The zero-order chi connectivity index (χ0) is 42.5. The van der Waals surface area contributed by atoms with Crippen LogP contribution in [-0.2, 0) is 22.6 Å². The summed E-state index contributed by atoms with van der Waals surface area (Å²) in [6.07, 6.45) is -4.15. The van der Waals surface area contributed by atoms with Gasteiger partial charge in [0.15, 0.2) is 28.6 Å². The summed E-state index contributed by atoms with van der Waals surface area (Å²) in [5.41, 5.74) is 1.87. The van der Waals surface area contributed by atoms with Crippen molar-refractivity contribution in [3.05, 3.63) is 106 Å². The van der Waals surface area contributed by atoms with Crippen molar-refractivity contribution >= 4 is 22.8 Å². The van der Waals surface area contributed by atoms with Crippen LogP contribution in [-0.4, -0.2) is 102 Å². The Morgan fingerprint density at radius 2 is 1.80 bits per heavy atom. The maximum atomic E-state index is 13.7. The molecule has 12 N–H and O–H groups in total. The van der Waals surface area contributed by atoms with Crippen LogP contribution in [0.5, 0.6) is 28.7 Å². The maximum absolute atomic E-state index is 13.7. The van der Waals surface area contributed by atoms with Crippen molar-refractivity contribution in [2.75, 3.05) is 25.6 Å². The number of hydrogen-bond acceptors (Lipinski definition) is 16. The number of aliphatic hydroxyl groups is 4. The van der Waals surface area contributed by atoms with Crippen molar-refractivity contribution in [2.24, 2.45) is 5.92 Å². The highest BCUT2D eigenvalue weighted by Crippen LogP contribution is 2.50. The average Bonchev–Trinajstić information content (AvgIpc) is 3.92. The molecule has 18 nitrogen and oxygen atoms in total. The first kappa shape index (κ1) is 40.7. The number of nitrogens with one attached hydrogen (secondary N) is 3. The van der Waals surface area contributed by atoms with E-state index in [1.165, 1.54) is 24.3 Å². The van der Waals surface area contributed by atoms with Crippen LogP contribution in [0.3, 0.4) is 0 Å². The monoisotopic (exact) mass is 828 g/mol. The minimum absolute atomic E-state index is 0.0373. The number of aromatic nitrogens is 1. The molecular weight excluding hydrogens is 784 g/mol. The minimum Gasteiger partial charge on any atom is -0.508 e. The molecule has 316 valence electrons. The zero-order valence-electron chi connectivity index (χ0n) is 32.1. The largest absolute Gasteiger partial charge is 0.508 e. The molecule has 0 spiro atoms. The average molecular weight is 829 g/mol. The van der Waals surface area contributed by atoms with E-state index in [0.717, 1.165) is 11.6 Å². The van der Waals surface area contributed by atoms with E-state index in [0.29, 0.717) is 48.0 Å². The fourth-order valence-corrected chi connectivity index (χ4v) is 8.05. The first-order chi connectivity index (χ1) is 28.7. The van der Waals surface area contributed by atoms with E-state index in [1.807, 2.05) is 6.92 Å². The molecule has 3 aromatic carbocycles. The van der Waals surface area contributed by atoms with Gasteiger partial charge in [-0.05, 0) is 72.2 Å². The third kappa shape index (κ3) is 7.27. The number of fused-ring (bicyclic) bond motifs is 3. The first-order valence-corrected chi connectivity index (χ1v) is 19.1. The smallest absolute Gasteiger partial charge is 0.336 e. The van der Waals surface area contributed by atoms with E-state index in [4.69, 9.17) is 29.1 Å². The standard InChI is InChI=1S/C42H44N4O14/c1-2-20-11-21(13-23(47)12-20)17-57-36-32(59-40-41(54)10-9-25(27-16-44-19-45-27)42(55,39(41)53)37(60-40)38(51)52)15-31-34(35(36)50)28(48)14-30(58-31)22-3-5-24(6-4-22)56-18-29(49)26-7-8-33(43)46-26/h3-15,25,27,29,37,39-40,44-47,49-50,53-55H,2,16-19,43H2,1H3,(H,51,52)/t25-,27+,29+,37-,39+,40-,41-,42-/m1/s1. The van der Waals surface area contributed by atoms with Crippen molar-refractivity contribution < 1.29 is 63.9 Å². The lowest BCUT2D eigenvalue weighted by Crippen LogP contribution is -2.79. The predicted octanol–water partition coefficient (Wildman–Crippen LogP) is 1.75. The topological polar surface area (TPSA) is 292 Å². The minimum atomic E-state index is -2.55. The quantitative estimate of drug-likeness (QED) is 0.0754. The molecule has 60 heavy (non-hydrogen) atoms. The highest BCUT2D eigenvalue weighted by molar-refractivity contribution is 5.89. The fourth-order valence-electron chi connectivity index (χ4n) is 8.05. The second-order valence-corrected chi connectivity index (χ2v) is 15.1. The van der Waals surface area contributed by atoms with Gasteiger partial charge in [0.2, 0.25) is 12.0 Å². The summed E-state index contributed by atoms with van der Waals surface area (Å²) in [5, 5.41) is 84.1. The van der Waals surface area contributed by atoms with Crippen molar-refractivity contribution in [3.63, 3.8) is 0 Å². The van der Waals surface area contributed by atoms with Gasteiger partial charge < -0.3 is 75.1 Å². The summed E-state index contributed by atoms with van der Waals surface area (Å²) in [5.74, 6) is -3.44. The number of rotatable bonds is 13. The van der Waals surface area contributed by atoms with Gasteiger partial charge in [-0.2, -0.15) is 0 Å². The summed E-state index contributed by atoms with van der Waals surface area (Å²) in [6, 6.07) is 16.2. The van der Waals surface area contributed by atoms with Gasteiger partial charge in [-0.1, -0.05) is 19.1 Å². The molecule has 2 fully saturated rings. The lowest BCUT2D eigenvalue weighted by atomic mass is 9.63. The lowest BCUT2D eigenvalue weighted by molar-refractivity contribution is -0.342. The molecule has 0 saturated carbocycles. The van der Waals surface area contributed by atoms with Gasteiger partial charge in [-0.3, -0.25) is 10.1 Å². The molecule has 0 radical (unpaired) electrons. The Morgan fingerprint density at radius 1 is 1.03 bits per heavy atom. The summed E-state index contributed by atoms with van der Waals surface area (Å²) in [7, 11) is 0. The Kier molecular flexibility index (Phi) is 10.7. The second-order valence-electron chi connectivity index (χ2n) is 15.1. The van der Waals surface area contributed by atoms with E-state index >= 15 is 0 Å². The van der Waals surface area contributed by atoms with Gasteiger partial charge in [0.1, 0.15) is 65.1 Å². The predicted molar refractivity (Wildman–Crippen MR) is 212 cm³/mol. The van der Waals surface area contributed by atoms with Crippen molar-refractivity contribution in [1.29, 1.82) is 0 Å². The molecule has 2 saturated heterocycles. The third-order valence-electron chi connectivity index (χ3n) is 11.2. The number of aliphatic hydroxyl groups excluding tert-OH is 2. The molecule has 0 unspecified atom stereocenters. The highest BCUT2D eigenvalue weighted by atomic mass is 16.7. The molecule has 0 amide bonds. The molecule has 8 atom stereocenters. The van der Waals surface area contributed by atoms with E-state index in [2.05, 4.69) is 15.6 Å². The van der Waals surface area contributed by atoms with Crippen LogP contribution in [0.4, 0.5) is 5.82 Å². The van der Waals surface area contributed by atoms with Gasteiger partial charge in [-0.25, -0.2) is 4.79 Å². The number of nitrogen functional groups attached to an aromatic ring is 1. The Bertz CT molecular complexity index is 2500. The van der Waals surface area contributed by atoms with Crippen molar-refractivity contribution in [2.45, 2.75) is 61.8 Å². The molecule has 2 aliphatic heterocycles. The number of anilines is 1. The number of carboxylic acids is 1. The number of carboxylic acid groups (broad SMARTS) is 1. The number of aliphatic carboxylic acids is 1. The molecule has 18 heteroatoms. The van der Waals surface area contributed by atoms with Gasteiger partial charge in [0.05, 0.1) is 0 Å². The normalized spacial score (nSPS) is 26.5. The van der Waals surface area contributed by atoms with Crippen LogP contribution in [0.2, 0.25) is 0 Å².